The number of halogens is 1. The van der Waals surface area contributed by atoms with Gasteiger partial charge in [-0.2, -0.15) is 0 Å². The number of thiophene rings is 1. The van der Waals surface area contributed by atoms with Crippen molar-refractivity contribution in [2.24, 2.45) is 0 Å². The normalized spacial score (nSPS) is 19.4. The number of nitrogens with one attached hydrogen (secondary N) is 1. The minimum absolute atomic E-state index is 0.0459. The average molecular weight is 351 g/mol. The van der Waals surface area contributed by atoms with Crippen molar-refractivity contribution in [2.75, 3.05) is 5.32 Å². The van der Waals surface area contributed by atoms with Crippen molar-refractivity contribution in [3.05, 3.63) is 76.7 Å². The van der Waals surface area contributed by atoms with E-state index in [9.17, 15) is 9.59 Å². The molecule has 3 nitrogen and oxygen atoms in total. The Balaban J connectivity index is 1.90. The second kappa shape index (κ2) is 5.63. The maximum atomic E-state index is 15.7. The van der Waals surface area contributed by atoms with Gasteiger partial charge in [0, 0.05) is 16.5 Å². The van der Waals surface area contributed by atoms with Crippen molar-refractivity contribution in [2.45, 2.75) is 12.6 Å². The molecule has 2 aromatic carbocycles. The van der Waals surface area contributed by atoms with E-state index in [1.165, 1.54) is 23.5 Å². The second-order valence-electron chi connectivity index (χ2n) is 6.03. The Hall–Kier alpha value is -2.79. The van der Waals surface area contributed by atoms with Crippen molar-refractivity contribution >= 4 is 28.0 Å². The summed E-state index contributed by atoms with van der Waals surface area (Å²) in [5.74, 6) is -1.75. The van der Waals surface area contributed by atoms with Crippen LogP contribution in [-0.4, -0.2) is 11.7 Å². The zero-order valence-corrected chi connectivity index (χ0v) is 14.2. The highest BCUT2D eigenvalue weighted by Gasteiger charge is 2.53. The zero-order valence-electron chi connectivity index (χ0n) is 13.4. The van der Waals surface area contributed by atoms with Crippen LogP contribution >= 0.6 is 11.3 Å². The van der Waals surface area contributed by atoms with Gasteiger partial charge in [-0.25, -0.2) is 4.39 Å². The van der Waals surface area contributed by atoms with Gasteiger partial charge in [0.2, 0.25) is 5.78 Å². The van der Waals surface area contributed by atoms with E-state index in [1.54, 1.807) is 23.6 Å². The third-order valence-corrected chi connectivity index (χ3v) is 5.27. The van der Waals surface area contributed by atoms with Gasteiger partial charge in [0.15, 0.2) is 0 Å². The fraction of sp³-hybridized carbons (Fsp3) is 0.100. The van der Waals surface area contributed by atoms with Crippen LogP contribution in [0.4, 0.5) is 9.39 Å². The first-order chi connectivity index (χ1) is 12.0. The number of amides is 1. The lowest BCUT2D eigenvalue weighted by molar-refractivity contribution is -0.125. The number of Topliss-reactive ketones (excluding diaryl/α,β-unsaturated/α-hetero) is 1. The molecule has 0 spiro atoms. The maximum Gasteiger partial charge on any atom is 0.275 e. The van der Waals surface area contributed by atoms with E-state index >= 15 is 4.39 Å². The molecule has 1 amide bonds. The number of hydrogen-bond acceptors (Lipinski definition) is 3. The monoisotopic (exact) mass is 351 g/mol. The molecule has 1 aliphatic rings. The largest absolute Gasteiger partial charge is 0.314 e. The third kappa shape index (κ3) is 2.31. The van der Waals surface area contributed by atoms with Gasteiger partial charge >= 0.3 is 0 Å². The van der Waals surface area contributed by atoms with Crippen LogP contribution in [0.15, 0.2) is 60.0 Å². The second-order valence-corrected chi connectivity index (χ2v) is 6.91. The molecule has 0 radical (unpaired) electrons. The molecule has 0 saturated carbocycles. The summed E-state index contributed by atoms with van der Waals surface area (Å²) in [6.07, 6.45) is 0. The molecular formula is C20H14FNO2S. The van der Waals surface area contributed by atoms with E-state index in [0.29, 0.717) is 10.6 Å². The highest BCUT2D eigenvalue weighted by molar-refractivity contribution is 7.15. The third-order valence-electron chi connectivity index (χ3n) is 4.37. The zero-order chi connectivity index (χ0) is 17.6. The van der Waals surface area contributed by atoms with Crippen LogP contribution < -0.4 is 5.32 Å². The van der Waals surface area contributed by atoms with Crippen molar-refractivity contribution in [3.63, 3.8) is 0 Å². The average Bonchev–Trinajstić information content (AvgIpc) is 3.04. The number of hydrogen-bond donors (Lipinski definition) is 1. The van der Waals surface area contributed by atoms with Gasteiger partial charge in [-0.3, -0.25) is 9.59 Å². The summed E-state index contributed by atoms with van der Waals surface area (Å²) in [6, 6.07) is 15.5. The van der Waals surface area contributed by atoms with Gasteiger partial charge in [0.25, 0.3) is 11.6 Å². The Kier molecular flexibility index (Phi) is 3.54. The molecule has 1 atom stereocenters. The highest BCUT2D eigenvalue weighted by atomic mass is 32.1. The Labute approximate surface area is 148 Å². The summed E-state index contributed by atoms with van der Waals surface area (Å²) in [7, 11) is 0. The van der Waals surface area contributed by atoms with E-state index in [4.69, 9.17) is 0 Å². The lowest BCUT2D eigenvalue weighted by Gasteiger charge is -2.28. The summed E-state index contributed by atoms with van der Waals surface area (Å²) in [5.41, 5.74) is 0.0861. The predicted octanol–water partition coefficient (Wildman–Crippen LogP) is 4.72. The van der Waals surface area contributed by atoms with E-state index in [1.807, 2.05) is 31.2 Å². The summed E-state index contributed by atoms with van der Waals surface area (Å²) in [4.78, 5) is 25.4. The first-order valence-corrected chi connectivity index (χ1v) is 8.69. The Morgan fingerprint density at radius 3 is 2.52 bits per heavy atom. The molecule has 2 heterocycles. The molecule has 0 bridgehead atoms. The SMILES string of the molecule is Cc1cccc(-c2csc3c2C(=O)C(F)(c2ccccc2)C(=O)N3)c1. The number of rotatable bonds is 2. The molecule has 1 N–H and O–H groups in total. The van der Waals surface area contributed by atoms with Crippen LogP contribution in [0.1, 0.15) is 21.5 Å². The quantitative estimate of drug-likeness (QED) is 0.679. The minimum Gasteiger partial charge on any atom is -0.314 e. The summed E-state index contributed by atoms with van der Waals surface area (Å²) >= 11 is 1.24. The molecule has 25 heavy (non-hydrogen) atoms. The fourth-order valence-electron chi connectivity index (χ4n) is 3.09. The van der Waals surface area contributed by atoms with Gasteiger partial charge in [-0.15, -0.1) is 11.3 Å². The number of fused-ring (bicyclic) bond motifs is 1. The van der Waals surface area contributed by atoms with Crippen molar-refractivity contribution < 1.29 is 14.0 Å². The number of carbonyl (C=O) groups is 2. The first-order valence-electron chi connectivity index (χ1n) is 7.81. The summed E-state index contributed by atoms with van der Waals surface area (Å²) in [6.45, 7) is 1.95. The Morgan fingerprint density at radius 1 is 1.04 bits per heavy atom. The van der Waals surface area contributed by atoms with Crippen molar-refractivity contribution in [1.29, 1.82) is 0 Å². The lowest BCUT2D eigenvalue weighted by atomic mass is 9.83. The number of alkyl halides is 1. The van der Waals surface area contributed by atoms with E-state index in [0.717, 1.165) is 11.1 Å². The number of ketones is 1. The molecule has 1 unspecified atom stereocenters. The van der Waals surface area contributed by atoms with Crippen LogP contribution in [-0.2, 0) is 10.5 Å². The molecule has 124 valence electrons. The summed E-state index contributed by atoms with van der Waals surface area (Å²) in [5, 5.41) is 4.75. The lowest BCUT2D eigenvalue weighted by Crippen LogP contribution is -2.47. The standard InChI is InChI=1S/C20H14FNO2S/c1-12-6-5-7-13(10-12)15-11-25-18-16(15)17(23)20(21,19(24)22-18)14-8-3-2-4-9-14/h2-11H,1H3,(H,22,24). The van der Waals surface area contributed by atoms with Gasteiger partial charge in [0.1, 0.15) is 5.00 Å². The Morgan fingerprint density at radius 2 is 1.80 bits per heavy atom. The first kappa shape index (κ1) is 15.7. The Bertz CT molecular complexity index is 996. The van der Waals surface area contributed by atoms with Crippen molar-refractivity contribution in [1.82, 2.24) is 0 Å². The van der Waals surface area contributed by atoms with Gasteiger partial charge in [-0.1, -0.05) is 60.2 Å². The summed E-state index contributed by atoms with van der Waals surface area (Å²) < 4.78 is 15.7. The number of aryl methyl sites for hydroxylation is 1. The molecule has 1 aliphatic heterocycles. The number of anilines is 1. The molecule has 1 aromatic heterocycles. The number of carbonyl (C=O) groups excluding carboxylic acids is 2. The van der Waals surface area contributed by atoms with Crippen LogP contribution in [0, 0.1) is 6.92 Å². The maximum absolute atomic E-state index is 15.7. The smallest absolute Gasteiger partial charge is 0.275 e. The van der Waals surface area contributed by atoms with Crippen LogP contribution in [0.25, 0.3) is 11.1 Å². The molecule has 5 heteroatoms. The van der Waals surface area contributed by atoms with E-state index < -0.39 is 17.4 Å². The van der Waals surface area contributed by atoms with Crippen LogP contribution in [0.2, 0.25) is 0 Å². The molecule has 4 rings (SSSR count). The van der Waals surface area contributed by atoms with Gasteiger partial charge < -0.3 is 5.32 Å². The predicted molar refractivity (Wildman–Crippen MR) is 96.7 cm³/mol. The van der Waals surface area contributed by atoms with Crippen molar-refractivity contribution in [3.8, 4) is 11.1 Å². The minimum atomic E-state index is -2.71. The molecule has 0 saturated heterocycles. The van der Waals surface area contributed by atoms with E-state index in [-0.39, 0.29) is 11.1 Å². The van der Waals surface area contributed by atoms with Crippen LogP contribution in [0.3, 0.4) is 0 Å². The molecule has 0 fully saturated rings. The molecular weight excluding hydrogens is 337 g/mol. The topological polar surface area (TPSA) is 46.2 Å². The molecule has 3 aromatic rings. The fourth-order valence-corrected chi connectivity index (χ4v) is 4.06. The number of benzene rings is 2. The van der Waals surface area contributed by atoms with Gasteiger partial charge in [0.05, 0.1) is 5.56 Å². The van der Waals surface area contributed by atoms with E-state index in [2.05, 4.69) is 5.32 Å². The molecule has 0 aliphatic carbocycles. The van der Waals surface area contributed by atoms with Crippen LogP contribution in [0.5, 0.6) is 0 Å². The van der Waals surface area contributed by atoms with Gasteiger partial charge in [-0.05, 0) is 12.5 Å². The highest BCUT2D eigenvalue weighted by Crippen LogP contribution is 2.45.